The van der Waals surface area contributed by atoms with Crippen LogP contribution in [0.1, 0.15) is 12.5 Å². The Morgan fingerprint density at radius 3 is 2.56 bits per heavy atom. The van der Waals surface area contributed by atoms with E-state index in [9.17, 15) is 5.11 Å². The Bertz CT molecular complexity index is 544. The summed E-state index contributed by atoms with van der Waals surface area (Å²) in [6.45, 7) is 4.48. The first-order valence-corrected chi connectivity index (χ1v) is 6.21. The minimum absolute atomic E-state index is 0.245. The highest BCUT2D eigenvalue weighted by atomic mass is 35.5. The maximum atomic E-state index is 9.62. The quantitative estimate of drug-likeness (QED) is 0.887. The molecule has 18 heavy (non-hydrogen) atoms. The van der Waals surface area contributed by atoms with Gasteiger partial charge in [-0.05, 0) is 55.3 Å². The summed E-state index contributed by atoms with van der Waals surface area (Å²) in [7, 11) is 0. The number of halogens is 1. The van der Waals surface area contributed by atoms with Crippen molar-refractivity contribution in [1.29, 1.82) is 0 Å². The van der Waals surface area contributed by atoms with Crippen molar-refractivity contribution in [2.24, 2.45) is 0 Å². The Labute approximate surface area is 112 Å². The van der Waals surface area contributed by atoms with Gasteiger partial charge in [-0.3, -0.25) is 0 Å². The largest absolute Gasteiger partial charge is 0.508 e. The maximum Gasteiger partial charge on any atom is 0.120 e. The predicted octanol–water partition coefficient (Wildman–Crippen LogP) is 4.42. The monoisotopic (exact) mass is 262 g/mol. The summed E-state index contributed by atoms with van der Waals surface area (Å²) < 4.78 is 5.39. The number of aromatic hydroxyl groups is 1. The van der Waals surface area contributed by atoms with Gasteiger partial charge in [0.05, 0.1) is 11.6 Å². The molecule has 2 aromatic rings. The number of ether oxygens (including phenoxy) is 1. The molecule has 0 saturated carbocycles. The van der Waals surface area contributed by atoms with Crippen molar-refractivity contribution in [1.82, 2.24) is 0 Å². The molecule has 0 atom stereocenters. The Morgan fingerprint density at radius 2 is 1.94 bits per heavy atom. The van der Waals surface area contributed by atoms with Crippen LogP contribution in [-0.4, -0.2) is 11.7 Å². The number of hydrogen-bond donors (Lipinski definition) is 1. The van der Waals surface area contributed by atoms with E-state index in [-0.39, 0.29) is 5.75 Å². The van der Waals surface area contributed by atoms with Gasteiger partial charge in [0.25, 0.3) is 0 Å². The number of aryl methyl sites for hydroxylation is 1. The second kappa shape index (κ2) is 5.32. The SMILES string of the molecule is CCOc1ccc(-c2cc(C)cc(O)c2)c(Cl)c1. The van der Waals surface area contributed by atoms with Crippen molar-refractivity contribution in [2.75, 3.05) is 6.61 Å². The van der Waals surface area contributed by atoms with Gasteiger partial charge in [-0.2, -0.15) is 0 Å². The lowest BCUT2D eigenvalue weighted by Crippen LogP contribution is -1.91. The Balaban J connectivity index is 2.44. The molecule has 0 bridgehead atoms. The number of rotatable bonds is 3. The molecule has 1 N–H and O–H groups in total. The molecule has 0 aliphatic rings. The van der Waals surface area contributed by atoms with Crippen molar-refractivity contribution in [3.63, 3.8) is 0 Å². The number of phenolic OH excluding ortho intramolecular Hbond substituents is 1. The zero-order valence-corrected chi connectivity index (χ0v) is 11.2. The minimum atomic E-state index is 0.245. The summed E-state index contributed by atoms with van der Waals surface area (Å²) in [6.07, 6.45) is 0. The third kappa shape index (κ3) is 2.77. The lowest BCUT2D eigenvalue weighted by molar-refractivity contribution is 0.340. The third-order valence-corrected chi connectivity index (χ3v) is 2.94. The molecule has 0 aromatic heterocycles. The second-order valence-corrected chi connectivity index (χ2v) is 4.54. The van der Waals surface area contributed by atoms with Gasteiger partial charge in [0.15, 0.2) is 0 Å². The molecule has 0 spiro atoms. The van der Waals surface area contributed by atoms with Gasteiger partial charge >= 0.3 is 0 Å². The zero-order valence-electron chi connectivity index (χ0n) is 10.4. The summed E-state index contributed by atoms with van der Waals surface area (Å²) in [5.41, 5.74) is 2.79. The third-order valence-electron chi connectivity index (χ3n) is 2.62. The fourth-order valence-corrected chi connectivity index (χ4v) is 2.18. The van der Waals surface area contributed by atoms with Crippen LogP contribution in [0.15, 0.2) is 36.4 Å². The maximum absolute atomic E-state index is 9.62. The fourth-order valence-electron chi connectivity index (χ4n) is 1.90. The fraction of sp³-hybridized carbons (Fsp3) is 0.200. The van der Waals surface area contributed by atoms with E-state index in [0.29, 0.717) is 11.6 Å². The van der Waals surface area contributed by atoms with E-state index in [1.54, 1.807) is 18.2 Å². The first-order valence-electron chi connectivity index (χ1n) is 5.83. The molecule has 0 radical (unpaired) electrons. The van der Waals surface area contributed by atoms with Crippen LogP contribution in [0.2, 0.25) is 5.02 Å². The summed E-state index contributed by atoms with van der Waals surface area (Å²) in [5.74, 6) is 0.998. The number of benzene rings is 2. The molecule has 0 aliphatic heterocycles. The molecule has 0 heterocycles. The highest BCUT2D eigenvalue weighted by Crippen LogP contribution is 2.33. The van der Waals surface area contributed by atoms with E-state index in [0.717, 1.165) is 22.4 Å². The molecule has 0 unspecified atom stereocenters. The molecule has 0 saturated heterocycles. The van der Waals surface area contributed by atoms with Crippen LogP contribution in [0.25, 0.3) is 11.1 Å². The highest BCUT2D eigenvalue weighted by molar-refractivity contribution is 6.33. The zero-order chi connectivity index (χ0) is 13.1. The molecule has 0 aliphatic carbocycles. The molecule has 0 fully saturated rings. The average molecular weight is 263 g/mol. The Morgan fingerprint density at radius 1 is 1.17 bits per heavy atom. The smallest absolute Gasteiger partial charge is 0.120 e. The summed E-state index contributed by atoms with van der Waals surface area (Å²) in [5, 5.41) is 10.2. The molecule has 3 heteroatoms. The van der Waals surface area contributed by atoms with Crippen molar-refractivity contribution in [2.45, 2.75) is 13.8 Å². The molecular formula is C15H15ClO2. The van der Waals surface area contributed by atoms with Crippen LogP contribution in [0.4, 0.5) is 0 Å². The van der Waals surface area contributed by atoms with Gasteiger partial charge in [-0.25, -0.2) is 0 Å². The Kier molecular flexibility index (Phi) is 3.78. The molecule has 0 amide bonds. The number of phenols is 1. The summed E-state index contributed by atoms with van der Waals surface area (Å²) >= 11 is 6.24. The van der Waals surface area contributed by atoms with Crippen LogP contribution < -0.4 is 4.74 Å². The van der Waals surface area contributed by atoms with Gasteiger partial charge in [-0.1, -0.05) is 17.7 Å². The van der Waals surface area contributed by atoms with Crippen molar-refractivity contribution < 1.29 is 9.84 Å². The normalized spacial score (nSPS) is 10.4. The standard InChI is InChI=1S/C15H15ClO2/c1-3-18-13-4-5-14(15(16)9-13)11-6-10(2)7-12(17)8-11/h4-9,17H,3H2,1-2H3. The average Bonchev–Trinajstić information content (AvgIpc) is 2.28. The molecule has 2 rings (SSSR count). The van der Waals surface area contributed by atoms with Gasteiger partial charge in [0.2, 0.25) is 0 Å². The first kappa shape index (κ1) is 12.8. The molecule has 2 nitrogen and oxygen atoms in total. The van der Waals surface area contributed by atoms with Crippen LogP contribution in [0, 0.1) is 6.92 Å². The van der Waals surface area contributed by atoms with Crippen LogP contribution in [0.3, 0.4) is 0 Å². The van der Waals surface area contributed by atoms with E-state index >= 15 is 0 Å². The van der Waals surface area contributed by atoms with Gasteiger partial charge in [0.1, 0.15) is 11.5 Å². The van der Waals surface area contributed by atoms with E-state index in [1.807, 2.05) is 32.0 Å². The lowest BCUT2D eigenvalue weighted by Gasteiger charge is -2.09. The lowest BCUT2D eigenvalue weighted by atomic mass is 10.0. The van der Waals surface area contributed by atoms with Gasteiger partial charge < -0.3 is 9.84 Å². The molecular weight excluding hydrogens is 248 g/mol. The molecule has 2 aromatic carbocycles. The van der Waals surface area contributed by atoms with Gasteiger partial charge in [-0.15, -0.1) is 0 Å². The van der Waals surface area contributed by atoms with E-state index < -0.39 is 0 Å². The minimum Gasteiger partial charge on any atom is -0.508 e. The first-order chi connectivity index (χ1) is 8.60. The highest BCUT2D eigenvalue weighted by Gasteiger charge is 2.07. The Hall–Kier alpha value is -1.67. The number of hydrogen-bond acceptors (Lipinski definition) is 2. The molecule has 94 valence electrons. The van der Waals surface area contributed by atoms with Crippen molar-refractivity contribution in [3.8, 4) is 22.6 Å². The van der Waals surface area contributed by atoms with Crippen LogP contribution >= 0.6 is 11.6 Å². The van der Waals surface area contributed by atoms with Gasteiger partial charge in [0, 0.05) is 5.56 Å². The summed E-state index contributed by atoms with van der Waals surface area (Å²) in [4.78, 5) is 0. The van der Waals surface area contributed by atoms with E-state index in [4.69, 9.17) is 16.3 Å². The second-order valence-electron chi connectivity index (χ2n) is 4.13. The van der Waals surface area contributed by atoms with E-state index in [1.165, 1.54) is 0 Å². The van der Waals surface area contributed by atoms with E-state index in [2.05, 4.69) is 0 Å². The predicted molar refractivity (Wildman–Crippen MR) is 74.5 cm³/mol. The van der Waals surface area contributed by atoms with Crippen molar-refractivity contribution in [3.05, 3.63) is 47.0 Å². The topological polar surface area (TPSA) is 29.5 Å². The van der Waals surface area contributed by atoms with Crippen LogP contribution in [0.5, 0.6) is 11.5 Å². The summed E-state index contributed by atoms with van der Waals surface area (Å²) in [6, 6.07) is 11.0. The van der Waals surface area contributed by atoms with Crippen LogP contribution in [-0.2, 0) is 0 Å². The van der Waals surface area contributed by atoms with Crippen molar-refractivity contribution >= 4 is 11.6 Å².